The molecule has 0 aromatic heterocycles. The Hall–Kier alpha value is -1.51. The first kappa shape index (κ1) is 14.8. The van der Waals surface area contributed by atoms with Gasteiger partial charge in [0, 0.05) is 6.54 Å². The summed E-state index contributed by atoms with van der Waals surface area (Å²) in [6.07, 6.45) is 9.24. The van der Waals surface area contributed by atoms with Gasteiger partial charge in [-0.15, -0.1) is 0 Å². The maximum Gasteiger partial charge on any atom is 0.408 e. The average Bonchev–Trinajstić information content (AvgIpc) is 3.01. The van der Waals surface area contributed by atoms with Gasteiger partial charge in [0.1, 0.15) is 0 Å². The van der Waals surface area contributed by atoms with Crippen LogP contribution < -0.4 is 0 Å². The summed E-state index contributed by atoms with van der Waals surface area (Å²) in [4.78, 5) is 14.1. The van der Waals surface area contributed by atoms with Crippen molar-refractivity contribution in [2.24, 2.45) is 23.2 Å². The van der Waals surface area contributed by atoms with Crippen LogP contribution in [0.4, 0.5) is 4.79 Å². The number of carbonyl (C=O) groups is 1. The van der Waals surface area contributed by atoms with Crippen molar-refractivity contribution >= 4 is 6.09 Å². The third-order valence-corrected chi connectivity index (χ3v) is 7.78. The Morgan fingerprint density at radius 3 is 2.12 bits per heavy atom. The van der Waals surface area contributed by atoms with Crippen LogP contribution in [0.3, 0.4) is 0 Å². The summed E-state index contributed by atoms with van der Waals surface area (Å²) in [5.74, 6) is 2.52. The molecule has 0 radical (unpaired) electrons. The number of hydrogen-bond acceptors (Lipinski definition) is 1. The van der Waals surface area contributed by atoms with Gasteiger partial charge in [0.2, 0.25) is 0 Å². The van der Waals surface area contributed by atoms with E-state index in [0.29, 0.717) is 6.54 Å². The van der Waals surface area contributed by atoms with Crippen molar-refractivity contribution in [1.82, 2.24) is 4.90 Å². The van der Waals surface area contributed by atoms with Gasteiger partial charge in [-0.2, -0.15) is 0 Å². The molecule has 5 aliphatic rings. The highest BCUT2D eigenvalue weighted by molar-refractivity contribution is 5.68. The van der Waals surface area contributed by atoms with E-state index in [9.17, 15) is 9.90 Å². The van der Waals surface area contributed by atoms with E-state index in [-0.39, 0.29) is 11.0 Å². The van der Waals surface area contributed by atoms with Gasteiger partial charge < -0.3 is 5.11 Å². The van der Waals surface area contributed by atoms with Gasteiger partial charge in [-0.05, 0) is 80.1 Å². The lowest BCUT2D eigenvalue weighted by Crippen LogP contribution is -2.62. The minimum Gasteiger partial charge on any atom is -0.465 e. The number of benzene rings is 1. The molecule has 1 heterocycles. The highest BCUT2D eigenvalue weighted by Crippen LogP contribution is 2.69. The van der Waals surface area contributed by atoms with Crippen LogP contribution in [0, 0.1) is 23.2 Å². The molecule has 4 aliphatic carbocycles. The first-order valence-electron chi connectivity index (χ1n) is 9.69. The number of hydrogen-bond donors (Lipinski definition) is 1. The molecule has 1 aromatic rings. The van der Waals surface area contributed by atoms with Gasteiger partial charge in [-0.3, -0.25) is 4.90 Å². The van der Waals surface area contributed by atoms with E-state index in [1.807, 2.05) is 4.90 Å². The molecule has 1 unspecified atom stereocenters. The van der Waals surface area contributed by atoms with Gasteiger partial charge in [0.05, 0.1) is 5.54 Å². The Balaban J connectivity index is 1.69. The number of nitrogens with zero attached hydrogens (tertiary/aromatic N) is 1. The first-order valence-corrected chi connectivity index (χ1v) is 9.69. The number of amides is 1. The highest BCUT2D eigenvalue weighted by Gasteiger charge is 2.64. The molecule has 1 amide bonds. The molecule has 0 spiro atoms. The number of rotatable bonds is 2. The number of carboxylic acid groups (broad SMARTS) is 1. The van der Waals surface area contributed by atoms with Crippen molar-refractivity contribution in [3.63, 3.8) is 0 Å². The molecule has 128 valence electrons. The summed E-state index contributed by atoms with van der Waals surface area (Å²) in [6.45, 7) is 0.700. The monoisotopic (exact) mass is 325 g/mol. The zero-order valence-electron chi connectivity index (χ0n) is 14.3. The van der Waals surface area contributed by atoms with E-state index in [4.69, 9.17) is 0 Å². The van der Waals surface area contributed by atoms with Crippen molar-refractivity contribution in [1.29, 1.82) is 0 Å². The van der Waals surface area contributed by atoms with Gasteiger partial charge in [0.25, 0.3) is 0 Å². The summed E-state index contributed by atoms with van der Waals surface area (Å²) in [5, 5.41) is 10.0. The summed E-state index contributed by atoms with van der Waals surface area (Å²) in [5.41, 5.74) is 1.15. The van der Waals surface area contributed by atoms with Gasteiger partial charge in [-0.25, -0.2) is 4.79 Å². The highest BCUT2D eigenvalue weighted by atomic mass is 16.4. The van der Waals surface area contributed by atoms with Crippen LogP contribution >= 0.6 is 0 Å². The lowest BCUT2D eigenvalue weighted by atomic mass is 9.43. The van der Waals surface area contributed by atoms with E-state index in [1.54, 1.807) is 0 Å². The summed E-state index contributed by atoms with van der Waals surface area (Å²) >= 11 is 0. The van der Waals surface area contributed by atoms with Gasteiger partial charge in [-0.1, -0.05) is 30.3 Å². The third-order valence-electron chi connectivity index (χ3n) is 7.78. The summed E-state index contributed by atoms with van der Waals surface area (Å²) in [7, 11) is 0. The molecule has 5 fully saturated rings. The molecule has 3 heteroatoms. The van der Waals surface area contributed by atoms with Crippen LogP contribution in [-0.4, -0.2) is 22.6 Å². The van der Waals surface area contributed by atoms with Gasteiger partial charge >= 0.3 is 6.09 Å². The smallest absolute Gasteiger partial charge is 0.408 e. The Kier molecular flexibility index (Phi) is 3.08. The van der Waals surface area contributed by atoms with Crippen LogP contribution in [0.2, 0.25) is 0 Å². The standard InChI is InChI=1S/C21H27NO2/c23-19(24)22-8-4-7-21(22,18-5-2-1-3-6-18)20-12-15-9-16(13-20)11-17(10-15)14-20/h1-3,5-6,15-17H,4,7-14H2,(H,23,24). The van der Waals surface area contributed by atoms with Crippen molar-refractivity contribution in [3.05, 3.63) is 35.9 Å². The Morgan fingerprint density at radius 1 is 1.00 bits per heavy atom. The second kappa shape index (κ2) is 5.00. The molecular formula is C21H27NO2. The zero-order valence-corrected chi connectivity index (χ0v) is 14.3. The predicted octanol–water partition coefficient (Wildman–Crippen LogP) is 4.87. The molecule has 6 rings (SSSR count). The SMILES string of the molecule is O=C(O)N1CCCC1(c1ccccc1)C12CC3CC(CC(C3)C1)C2. The van der Waals surface area contributed by atoms with Crippen LogP contribution in [-0.2, 0) is 5.54 Å². The van der Waals surface area contributed by atoms with E-state index in [1.165, 1.54) is 44.1 Å². The van der Waals surface area contributed by atoms with E-state index >= 15 is 0 Å². The normalized spacial score (nSPS) is 43.3. The molecule has 1 aromatic carbocycles. The zero-order chi connectivity index (χ0) is 16.4. The average molecular weight is 325 g/mol. The van der Waals surface area contributed by atoms with E-state index in [0.717, 1.165) is 30.6 Å². The Bertz CT molecular complexity index is 620. The predicted molar refractivity (Wildman–Crippen MR) is 92.7 cm³/mol. The molecule has 1 saturated heterocycles. The molecule has 1 N–H and O–H groups in total. The summed E-state index contributed by atoms with van der Waals surface area (Å²) < 4.78 is 0. The second-order valence-corrected chi connectivity index (χ2v) is 8.96. The lowest BCUT2D eigenvalue weighted by molar-refractivity contribution is -0.135. The van der Waals surface area contributed by atoms with Gasteiger partial charge in [0.15, 0.2) is 0 Å². The molecule has 1 atom stereocenters. The van der Waals surface area contributed by atoms with Crippen LogP contribution in [0.25, 0.3) is 0 Å². The topological polar surface area (TPSA) is 40.5 Å². The molecule has 3 nitrogen and oxygen atoms in total. The molecule has 4 saturated carbocycles. The second-order valence-electron chi connectivity index (χ2n) is 8.96. The molecular weight excluding hydrogens is 298 g/mol. The van der Waals surface area contributed by atoms with E-state index < -0.39 is 6.09 Å². The lowest BCUT2D eigenvalue weighted by Gasteiger charge is -2.64. The van der Waals surface area contributed by atoms with Crippen LogP contribution in [0.5, 0.6) is 0 Å². The van der Waals surface area contributed by atoms with E-state index in [2.05, 4.69) is 30.3 Å². The quantitative estimate of drug-likeness (QED) is 0.842. The van der Waals surface area contributed by atoms with Crippen molar-refractivity contribution in [2.75, 3.05) is 6.54 Å². The Labute approximate surface area is 144 Å². The minimum absolute atomic E-state index is 0.179. The fourth-order valence-corrected chi connectivity index (χ4v) is 7.57. The minimum atomic E-state index is -0.716. The van der Waals surface area contributed by atoms with Crippen molar-refractivity contribution in [3.8, 4) is 0 Å². The summed E-state index contributed by atoms with van der Waals surface area (Å²) in [6, 6.07) is 10.6. The maximum absolute atomic E-state index is 12.2. The Morgan fingerprint density at radius 2 is 1.58 bits per heavy atom. The molecule has 24 heavy (non-hydrogen) atoms. The fraction of sp³-hybridized carbons (Fsp3) is 0.667. The van der Waals surface area contributed by atoms with Crippen molar-refractivity contribution in [2.45, 2.75) is 56.9 Å². The van der Waals surface area contributed by atoms with Crippen LogP contribution in [0.1, 0.15) is 56.9 Å². The van der Waals surface area contributed by atoms with Crippen molar-refractivity contribution < 1.29 is 9.90 Å². The largest absolute Gasteiger partial charge is 0.465 e. The fourth-order valence-electron chi connectivity index (χ4n) is 7.57. The third kappa shape index (κ3) is 1.81. The number of likely N-dealkylation sites (tertiary alicyclic amines) is 1. The first-order chi connectivity index (χ1) is 11.6. The molecule has 4 bridgehead atoms. The van der Waals surface area contributed by atoms with Crippen LogP contribution in [0.15, 0.2) is 30.3 Å². The molecule has 1 aliphatic heterocycles. The maximum atomic E-state index is 12.2.